The van der Waals surface area contributed by atoms with Crippen molar-refractivity contribution in [1.29, 1.82) is 0 Å². The summed E-state index contributed by atoms with van der Waals surface area (Å²) in [5.74, 6) is -0.276. The topological polar surface area (TPSA) is 26.0 Å². The Bertz CT molecular complexity index is 348. The van der Waals surface area contributed by atoms with Crippen molar-refractivity contribution in [2.45, 2.75) is 31.2 Å². The molecule has 4 heteroatoms. The van der Waals surface area contributed by atoms with Crippen molar-refractivity contribution in [1.82, 2.24) is 0 Å². The molecule has 0 heterocycles. The maximum atomic E-state index is 13.6. The van der Waals surface area contributed by atoms with Crippen LogP contribution in [0.25, 0.3) is 0 Å². The van der Waals surface area contributed by atoms with Crippen molar-refractivity contribution in [3.8, 4) is 0 Å². The maximum absolute atomic E-state index is 13.6. The minimum atomic E-state index is -0.464. The van der Waals surface area contributed by atoms with Gasteiger partial charge in [-0.25, -0.2) is 4.39 Å². The van der Waals surface area contributed by atoms with Gasteiger partial charge in [0.15, 0.2) is 0 Å². The molecular formula is C11H14Cl2FN. The van der Waals surface area contributed by atoms with Gasteiger partial charge >= 0.3 is 0 Å². The monoisotopic (exact) mass is 249 g/mol. The van der Waals surface area contributed by atoms with Crippen LogP contribution in [0.1, 0.15) is 31.2 Å². The van der Waals surface area contributed by atoms with Gasteiger partial charge in [-0.2, -0.15) is 0 Å². The summed E-state index contributed by atoms with van der Waals surface area (Å²) in [7, 11) is 0. The Labute approximate surface area is 100 Å². The average molecular weight is 250 g/mol. The van der Waals surface area contributed by atoms with Crippen LogP contribution in [-0.2, 0) is 5.54 Å². The molecule has 0 aromatic heterocycles. The fraction of sp³-hybridized carbons (Fsp3) is 0.455. The number of benzene rings is 1. The van der Waals surface area contributed by atoms with Crippen molar-refractivity contribution in [2.24, 2.45) is 5.73 Å². The molecule has 1 aromatic carbocycles. The van der Waals surface area contributed by atoms with Gasteiger partial charge in [-0.15, -0.1) is 12.4 Å². The van der Waals surface area contributed by atoms with E-state index in [1.165, 1.54) is 6.07 Å². The molecule has 1 aromatic rings. The van der Waals surface area contributed by atoms with Gasteiger partial charge in [-0.1, -0.05) is 30.5 Å². The van der Waals surface area contributed by atoms with E-state index in [-0.39, 0.29) is 18.2 Å². The standard InChI is InChI=1S/C11H13ClFN.ClH/c12-8-3-4-9(10(13)7-8)11(14)5-1-2-6-11;/h3-4,7H,1-2,5-6,14H2;1H. The van der Waals surface area contributed by atoms with Gasteiger partial charge in [0.25, 0.3) is 0 Å². The molecule has 0 amide bonds. The molecule has 0 radical (unpaired) electrons. The van der Waals surface area contributed by atoms with Gasteiger partial charge in [0, 0.05) is 16.1 Å². The molecule has 2 N–H and O–H groups in total. The Morgan fingerprint density at radius 3 is 2.40 bits per heavy atom. The van der Waals surface area contributed by atoms with Gasteiger partial charge in [-0.3, -0.25) is 0 Å². The van der Waals surface area contributed by atoms with Gasteiger partial charge in [0.05, 0.1) is 0 Å². The highest BCUT2D eigenvalue weighted by molar-refractivity contribution is 6.30. The van der Waals surface area contributed by atoms with Gasteiger partial charge < -0.3 is 5.73 Å². The average Bonchev–Trinajstić information content (AvgIpc) is 2.52. The molecular weight excluding hydrogens is 236 g/mol. The Morgan fingerprint density at radius 1 is 1.27 bits per heavy atom. The Morgan fingerprint density at radius 2 is 1.87 bits per heavy atom. The second-order valence-corrected chi connectivity index (χ2v) is 4.42. The Balaban J connectivity index is 0.00000112. The quantitative estimate of drug-likeness (QED) is 0.809. The van der Waals surface area contributed by atoms with Crippen molar-refractivity contribution in [3.05, 3.63) is 34.6 Å². The predicted molar refractivity (Wildman–Crippen MR) is 63.0 cm³/mol. The van der Waals surface area contributed by atoms with Crippen LogP contribution in [0.2, 0.25) is 5.02 Å². The van der Waals surface area contributed by atoms with E-state index in [1.54, 1.807) is 12.1 Å². The van der Waals surface area contributed by atoms with Gasteiger partial charge in [0.2, 0.25) is 0 Å². The van der Waals surface area contributed by atoms with Crippen LogP contribution in [0.15, 0.2) is 18.2 Å². The minimum Gasteiger partial charge on any atom is -0.321 e. The third kappa shape index (κ3) is 2.44. The van der Waals surface area contributed by atoms with E-state index < -0.39 is 5.54 Å². The molecule has 0 aliphatic heterocycles. The fourth-order valence-corrected chi connectivity index (χ4v) is 2.33. The van der Waals surface area contributed by atoms with E-state index in [1.807, 2.05) is 0 Å². The molecule has 15 heavy (non-hydrogen) atoms. The maximum Gasteiger partial charge on any atom is 0.129 e. The molecule has 84 valence electrons. The van der Waals surface area contributed by atoms with Crippen LogP contribution in [-0.4, -0.2) is 0 Å². The Hall–Kier alpha value is -0.310. The number of hydrogen-bond acceptors (Lipinski definition) is 1. The van der Waals surface area contributed by atoms with Crippen LogP contribution in [0.4, 0.5) is 4.39 Å². The van der Waals surface area contributed by atoms with E-state index in [0.29, 0.717) is 10.6 Å². The first-order chi connectivity index (χ1) is 6.62. The molecule has 1 fully saturated rings. The first kappa shape index (κ1) is 12.8. The summed E-state index contributed by atoms with van der Waals surface area (Å²) in [5, 5.41) is 0.424. The fourth-order valence-electron chi connectivity index (χ4n) is 2.17. The van der Waals surface area contributed by atoms with E-state index in [2.05, 4.69) is 0 Å². The predicted octanol–water partition coefficient (Wildman–Crippen LogP) is 3.63. The van der Waals surface area contributed by atoms with Crippen molar-refractivity contribution >= 4 is 24.0 Å². The zero-order chi connectivity index (χ0) is 10.2. The van der Waals surface area contributed by atoms with Crippen LogP contribution in [0.5, 0.6) is 0 Å². The van der Waals surface area contributed by atoms with Gasteiger partial charge in [-0.05, 0) is 25.0 Å². The lowest BCUT2D eigenvalue weighted by molar-refractivity contribution is 0.433. The third-order valence-electron chi connectivity index (χ3n) is 2.96. The molecule has 0 unspecified atom stereocenters. The highest BCUT2D eigenvalue weighted by atomic mass is 35.5. The van der Waals surface area contributed by atoms with Crippen molar-refractivity contribution in [3.63, 3.8) is 0 Å². The minimum absolute atomic E-state index is 0. The summed E-state index contributed by atoms with van der Waals surface area (Å²) in [6, 6.07) is 4.75. The molecule has 1 saturated carbocycles. The number of rotatable bonds is 1. The number of halogens is 3. The highest BCUT2D eigenvalue weighted by Gasteiger charge is 2.33. The molecule has 1 aliphatic carbocycles. The smallest absolute Gasteiger partial charge is 0.129 e. The molecule has 0 spiro atoms. The number of hydrogen-bond donors (Lipinski definition) is 1. The first-order valence-corrected chi connectivity index (χ1v) is 5.24. The molecule has 2 rings (SSSR count). The van der Waals surface area contributed by atoms with Crippen molar-refractivity contribution < 1.29 is 4.39 Å². The largest absolute Gasteiger partial charge is 0.321 e. The van der Waals surface area contributed by atoms with E-state index >= 15 is 0 Å². The normalized spacial score (nSPS) is 18.6. The summed E-state index contributed by atoms with van der Waals surface area (Å²) in [4.78, 5) is 0. The molecule has 1 nitrogen and oxygen atoms in total. The van der Waals surface area contributed by atoms with E-state index in [9.17, 15) is 4.39 Å². The van der Waals surface area contributed by atoms with Crippen LogP contribution in [0, 0.1) is 5.82 Å². The Kier molecular flexibility index (Phi) is 3.99. The number of nitrogens with two attached hydrogens (primary N) is 1. The highest BCUT2D eigenvalue weighted by Crippen LogP contribution is 2.37. The molecule has 0 saturated heterocycles. The zero-order valence-electron chi connectivity index (χ0n) is 8.30. The lowest BCUT2D eigenvalue weighted by atomic mass is 9.89. The molecule has 1 aliphatic rings. The summed E-state index contributed by atoms with van der Waals surface area (Å²) < 4.78 is 13.6. The second-order valence-electron chi connectivity index (χ2n) is 3.99. The van der Waals surface area contributed by atoms with Crippen molar-refractivity contribution in [2.75, 3.05) is 0 Å². The third-order valence-corrected chi connectivity index (χ3v) is 3.20. The molecule has 0 bridgehead atoms. The summed E-state index contributed by atoms with van der Waals surface area (Å²) in [6.45, 7) is 0. The first-order valence-electron chi connectivity index (χ1n) is 4.86. The van der Waals surface area contributed by atoms with E-state index in [0.717, 1.165) is 25.7 Å². The SMILES string of the molecule is Cl.NC1(c2ccc(Cl)cc2F)CCCC1. The summed E-state index contributed by atoms with van der Waals surface area (Å²) >= 11 is 5.69. The summed E-state index contributed by atoms with van der Waals surface area (Å²) in [5.41, 5.74) is 6.30. The zero-order valence-corrected chi connectivity index (χ0v) is 9.87. The van der Waals surface area contributed by atoms with Crippen LogP contribution in [0.3, 0.4) is 0 Å². The molecule has 0 atom stereocenters. The van der Waals surface area contributed by atoms with Crippen LogP contribution < -0.4 is 5.73 Å². The lowest BCUT2D eigenvalue weighted by Gasteiger charge is -2.24. The van der Waals surface area contributed by atoms with Crippen LogP contribution >= 0.6 is 24.0 Å². The lowest BCUT2D eigenvalue weighted by Crippen LogP contribution is -2.34. The van der Waals surface area contributed by atoms with E-state index in [4.69, 9.17) is 17.3 Å². The summed E-state index contributed by atoms with van der Waals surface area (Å²) in [6.07, 6.45) is 3.90. The second kappa shape index (κ2) is 4.69. The van der Waals surface area contributed by atoms with Gasteiger partial charge in [0.1, 0.15) is 5.82 Å².